The van der Waals surface area contributed by atoms with E-state index in [1.54, 1.807) is 0 Å². The van der Waals surface area contributed by atoms with Crippen molar-refractivity contribution >= 4 is 11.1 Å². The molecule has 0 heterocycles. The van der Waals surface area contributed by atoms with Crippen molar-refractivity contribution in [2.24, 2.45) is 0 Å². The maximum absolute atomic E-state index is 2.25. The molecule has 40 heavy (non-hydrogen) atoms. The van der Waals surface area contributed by atoms with Crippen LogP contribution in [0.3, 0.4) is 0 Å². The molecule has 0 heteroatoms. The van der Waals surface area contributed by atoms with E-state index in [2.05, 4.69) is 172 Å². The molecule has 0 spiro atoms. The van der Waals surface area contributed by atoms with Crippen LogP contribution in [0.25, 0.3) is 44.5 Å². The normalized spacial score (nSPS) is 11.7. The van der Waals surface area contributed by atoms with E-state index in [1.807, 2.05) is 0 Å². The summed E-state index contributed by atoms with van der Waals surface area (Å²) in [6.45, 7) is 4.34. The van der Waals surface area contributed by atoms with Gasteiger partial charge < -0.3 is 0 Å². The summed E-state index contributed by atoms with van der Waals surface area (Å²) in [5.74, 6) is 0. The van der Waals surface area contributed by atoms with Crippen molar-refractivity contribution in [1.29, 1.82) is 0 Å². The van der Waals surface area contributed by atoms with Crippen molar-refractivity contribution in [3.8, 4) is 33.4 Å². The maximum Gasteiger partial charge on any atom is -0.00762 e. The van der Waals surface area contributed by atoms with Gasteiger partial charge in [-0.2, -0.15) is 0 Å². The molecule has 6 aromatic carbocycles. The lowest BCUT2D eigenvalue weighted by atomic mass is 9.89. The van der Waals surface area contributed by atoms with Gasteiger partial charge in [0.1, 0.15) is 0 Å². The predicted molar refractivity (Wildman–Crippen MR) is 172 cm³/mol. The molecular weight excluding hydrogens is 480 g/mol. The Bertz CT molecular complexity index is 1720. The summed E-state index contributed by atoms with van der Waals surface area (Å²) in [4.78, 5) is 0. The largest absolute Gasteiger partial charge is 0.0622 e. The fourth-order valence-electron chi connectivity index (χ4n) is 5.32. The molecule has 0 fully saturated rings. The van der Waals surface area contributed by atoms with Crippen molar-refractivity contribution in [3.05, 3.63) is 180 Å². The third kappa shape index (κ3) is 5.44. The molecule has 0 aliphatic carbocycles. The first-order chi connectivity index (χ1) is 19.7. The monoisotopic (exact) mass is 512 g/mol. The van der Waals surface area contributed by atoms with Gasteiger partial charge in [0.2, 0.25) is 0 Å². The van der Waals surface area contributed by atoms with Crippen molar-refractivity contribution in [2.75, 3.05) is 0 Å². The average Bonchev–Trinajstić information content (AvgIpc) is 3.03. The molecule has 0 nitrogen and oxygen atoms in total. The van der Waals surface area contributed by atoms with Gasteiger partial charge in [0.25, 0.3) is 0 Å². The number of hydrogen-bond donors (Lipinski definition) is 0. The zero-order valence-electron chi connectivity index (χ0n) is 23.0. The molecule has 0 saturated carbocycles. The van der Waals surface area contributed by atoms with E-state index in [1.165, 1.54) is 66.8 Å². The first-order valence-electron chi connectivity index (χ1n) is 13.9. The highest BCUT2D eigenvalue weighted by atomic mass is 14.2. The first kappa shape index (κ1) is 25.3. The minimum absolute atomic E-state index is 1.22. The van der Waals surface area contributed by atoms with Crippen LogP contribution >= 0.6 is 0 Å². The summed E-state index contributed by atoms with van der Waals surface area (Å²) in [7, 11) is 0. The summed E-state index contributed by atoms with van der Waals surface area (Å²) < 4.78 is 0. The Balaban J connectivity index is 1.26. The van der Waals surface area contributed by atoms with Gasteiger partial charge in [-0.05, 0) is 75.1 Å². The molecule has 192 valence electrons. The van der Waals surface area contributed by atoms with Crippen LogP contribution in [-0.4, -0.2) is 0 Å². The Labute approximate surface area is 237 Å². The second kappa shape index (κ2) is 11.4. The lowest BCUT2D eigenvalue weighted by Crippen LogP contribution is -1.93. The van der Waals surface area contributed by atoms with Crippen LogP contribution in [0.5, 0.6) is 0 Å². The lowest BCUT2D eigenvalue weighted by Gasteiger charge is -2.15. The predicted octanol–water partition coefficient (Wildman–Crippen LogP) is 11.0. The average molecular weight is 513 g/mol. The van der Waals surface area contributed by atoms with Gasteiger partial charge in [-0.3, -0.25) is 0 Å². The lowest BCUT2D eigenvalue weighted by molar-refractivity contribution is 1.47. The number of aryl methyl sites for hydroxylation is 1. The topological polar surface area (TPSA) is 0 Å². The molecule has 0 aliphatic rings. The SMILES string of the molecule is C/C(=C(/c1ccccc1)c1ccc(-c2ccc(-c3ccc(-c4ccc(C)cc4)cc3)cc2)cc1)c1ccccc1. The van der Waals surface area contributed by atoms with E-state index >= 15 is 0 Å². The van der Waals surface area contributed by atoms with Crippen molar-refractivity contribution in [1.82, 2.24) is 0 Å². The molecule has 0 bridgehead atoms. The van der Waals surface area contributed by atoms with Gasteiger partial charge in [-0.15, -0.1) is 0 Å². The summed E-state index contributed by atoms with van der Waals surface area (Å²) >= 11 is 0. The van der Waals surface area contributed by atoms with Crippen LogP contribution in [0.4, 0.5) is 0 Å². The molecule has 0 unspecified atom stereocenters. The quantitative estimate of drug-likeness (QED) is 0.195. The fourth-order valence-corrected chi connectivity index (χ4v) is 5.32. The summed E-state index contributed by atoms with van der Waals surface area (Å²) in [6, 6.07) is 56.8. The van der Waals surface area contributed by atoms with Crippen molar-refractivity contribution in [2.45, 2.75) is 13.8 Å². The highest BCUT2D eigenvalue weighted by Crippen LogP contribution is 2.34. The molecule has 0 saturated heterocycles. The van der Waals surface area contributed by atoms with Crippen molar-refractivity contribution < 1.29 is 0 Å². The Morgan fingerprint density at radius 3 is 1.02 bits per heavy atom. The fraction of sp³-hybridized carbons (Fsp3) is 0.0500. The zero-order valence-corrected chi connectivity index (χ0v) is 23.0. The molecule has 0 N–H and O–H groups in total. The molecule has 0 amide bonds. The highest BCUT2D eigenvalue weighted by molar-refractivity contribution is 5.98. The van der Waals surface area contributed by atoms with Gasteiger partial charge in [-0.25, -0.2) is 0 Å². The first-order valence-corrected chi connectivity index (χ1v) is 13.9. The van der Waals surface area contributed by atoms with Gasteiger partial charge in [0, 0.05) is 0 Å². The molecule has 0 aliphatic heterocycles. The van der Waals surface area contributed by atoms with Crippen molar-refractivity contribution in [3.63, 3.8) is 0 Å². The van der Waals surface area contributed by atoms with Crippen LogP contribution in [-0.2, 0) is 0 Å². The van der Waals surface area contributed by atoms with Crippen LogP contribution in [0.2, 0.25) is 0 Å². The van der Waals surface area contributed by atoms with Crippen LogP contribution < -0.4 is 0 Å². The molecule has 6 aromatic rings. The van der Waals surface area contributed by atoms with Crippen LogP contribution in [0.15, 0.2) is 158 Å². The Morgan fingerprint density at radius 2 is 0.625 bits per heavy atom. The van der Waals surface area contributed by atoms with Gasteiger partial charge >= 0.3 is 0 Å². The second-order valence-corrected chi connectivity index (χ2v) is 10.3. The van der Waals surface area contributed by atoms with Crippen LogP contribution in [0.1, 0.15) is 29.2 Å². The van der Waals surface area contributed by atoms with Gasteiger partial charge in [0.15, 0.2) is 0 Å². The molecule has 0 radical (unpaired) electrons. The number of hydrogen-bond acceptors (Lipinski definition) is 0. The molecular formula is C40H32. The minimum atomic E-state index is 1.22. The van der Waals surface area contributed by atoms with E-state index < -0.39 is 0 Å². The molecule has 6 rings (SSSR count). The maximum atomic E-state index is 2.25. The van der Waals surface area contributed by atoms with Crippen LogP contribution in [0, 0.1) is 6.92 Å². The second-order valence-electron chi connectivity index (χ2n) is 10.3. The Morgan fingerprint density at radius 1 is 0.325 bits per heavy atom. The summed E-state index contributed by atoms with van der Waals surface area (Å²) in [5.41, 5.74) is 14.9. The number of allylic oxidation sites excluding steroid dienone is 1. The third-order valence-electron chi connectivity index (χ3n) is 7.64. The Hall–Kier alpha value is -4.94. The highest BCUT2D eigenvalue weighted by Gasteiger charge is 2.11. The number of rotatable bonds is 6. The standard InChI is InChI=1S/C40H32/c1-29-13-15-32(16-14-29)33-17-19-34(20-18-33)35-21-23-36(24-22-35)37-25-27-39(28-26-37)40(38-11-7-4-8-12-38)30(2)31-9-5-3-6-10-31/h3-28H,1-2H3/b40-30+. The molecule has 0 atom stereocenters. The Kier molecular flexibility index (Phi) is 7.24. The van der Waals surface area contributed by atoms with Gasteiger partial charge in [0.05, 0.1) is 0 Å². The van der Waals surface area contributed by atoms with Gasteiger partial charge in [-0.1, -0.05) is 163 Å². The van der Waals surface area contributed by atoms with E-state index in [0.717, 1.165) is 0 Å². The van der Waals surface area contributed by atoms with E-state index in [0.29, 0.717) is 0 Å². The minimum Gasteiger partial charge on any atom is -0.0622 e. The third-order valence-corrected chi connectivity index (χ3v) is 7.64. The summed E-state index contributed by atoms with van der Waals surface area (Å²) in [5, 5.41) is 0. The van der Waals surface area contributed by atoms with E-state index in [9.17, 15) is 0 Å². The zero-order chi connectivity index (χ0) is 27.3. The summed E-state index contributed by atoms with van der Waals surface area (Å²) in [6.07, 6.45) is 0. The van der Waals surface area contributed by atoms with E-state index in [-0.39, 0.29) is 0 Å². The molecule has 0 aromatic heterocycles. The number of benzene rings is 6. The van der Waals surface area contributed by atoms with E-state index in [4.69, 9.17) is 0 Å². The smallest absolute Gasteiger partial charge is 0.00762 e.